The van der Waals surface area contributed by atoms with Gasteiger partial charge < -0.3 is 8.92 Å². The van der Waals surface area contributed by atoms with Crippen molar-refractivity contribution in [2.75, 3.05) is 26.2 Å². The Kier molecular flexibility index (Phi) is 5.55. The molecule has 4 heterocycles. The Morgan fingerprint density at radius 2 is 1.70 bits per heavy atom. The van der Waals surface area contributed by atoms with Gasteiger partial charge in [0, 0.05) is 44.5 Å². The minimum atomic E-state index is -3.62. The summed E-state index contributed by atoms with van der Waals surface area (Å²) < 4.78 is 35.1. The van der Waals surface area contributed by atoms with Gasteiger partial charge in [0.15, 0.2) is 5.76 Å². The molecule has 0 amide bonds. The van der Waals surface area contributed by atoms with Gasteiger partial charge in [-0.1, -0.05) is 41.6 Å². The Hall–Kier alpha value is -3.01. The first-order valence-electron chi connectivity index (χ1n) is 11.0. The van der Waals surface area contributed by atoms with Crippen molar-refractivity contribution in [1.29, 1.82) is 0 Å². The fourth-order valence-corrected chi connectivity index (χ4v) is 6.20. The Morgan fingerprint density at radius 1 is 0.970 bits per heavy atom. The molecular formula is C24H27N5O3S. The minimum absolute atomic E-state index is 0.194. The van der Waals surface area contributed by atoms with Gasteiger partial charge in [-0.15, -0.1) is 0 Å². The number of fused-ring (bicyclic) bond motifs is 1. The highest BCUT2D eigenvalue weighted by Crippen LogP contribution is 2.28. The second kappa shape index (κ2) is 8.40. The van der Waals surface area contributed by atoms with Crippen LogP contribution in [0.25, 0.3) is 16.9 Å². The standard InChI is InChI=1S/C24H27N5O3S/c1-17-9-10-22-25-23(20-7-5-4-6-8-20)21(29(22)15-17)16-27-11-13-28(14-12-27)33(30,31)24-18(2)26-32-19(24)3/h4-10,15H,11-14,16H2,1-3H3. The van der Waals surface area contributed by atoms with Crippen LogP contribution >= 0.6 is 0 Å². The van der Waals surface area contributed by atoms with E-state index in [1.807, 2.05) is 24.3 Å². The molecule has 0 bridgehead atoms. The maximum Gasteiger partial charge on any atom is 0.248 e. The molecule has 3 aromatic heterocycles. The topological polar surface area (TPSA) is 84.0 Å². The maximum atomic E-state index is 13.2. The molecule has 33 heavy (non-hydrogen) atoms. The molecule has 1 saturated heterocycles. The molecule has 172 valence electrons. The smallest absolute Gasteiger partial charge is 0.248 e. The highest BCUT2D eigenvalue weighted by atomic mass is 32.2. The predicted molar refractivity (Wildman–Crippen MR) is 125 cm³/mol. The van der Waals surface area contributed by atoms with Crippen molar-refractivity contribution in [3.63, 3.8) is 0 Å². The zero-order valence-electron chi connectivity index (χ0n) is 19.0. The van der Waals surface area contributed by atoms with Gasteiger partial charge in [-0.2, -0.15) is 4.31 Å². The van der Waals surface area contributed by atoms with Gasteiger partial charge in [-0.25, -0.2) is 13.4 Å². The molecule has 9 heteroatoms. The molecule has 1 aliphatic rings. The fraction of sp³-hybridized carbons (Fsp3) is 0.333. The van der Waals surface area contributed by atoms with Crippen LogP contribution in [-0.2, 0) is 16.6 Å². The van der Waals surface area contributed by atoms with E-state index in [0.717, 1.165) is 28.2 Å². The third-order valence-electron chi connectivity index (χ3n) is 6.18. The molecule has 0 aliphatic carbocycles. The first-order chi connectivity index (χ1) is 15.8. The number of hydrogen-bond acceptors (Lipinski definition) is 6. The van der Waals surface area contributed by atoms with Gasteiger partial charge in [0.25, 0.3) is 0 Å². The van der Waals surface area contributed by atoms with Crippen molar-refractivity contribution in [3.05, 3.63) is 71.4 Å². The largest absolute Gasteiger partial charge is 0.360 e. The number of benzene rings is 1. The lowest BCUT2D eigenvalue weighted by Gasteiger charge is -2.33. The van der Waals surface area contributed by atoms with Gasteiger partial charge in [0.2, 0.25) is 10.0 Å². The van der Waals surface area contributed by atoms with Crippen LogP contribution in [0.2, 0.25) is 0 Å². The molecule has 1 aromatic carbocycles. The Morgan fingerprint density at radius 3 is 2.36 bits per heavy atom. The highest BCUT2D eigenvalue weighted by Gasteiger charge is 2.33. The Balaban J connectivity index is 1.40. The van der Waals surface area contributed by atoms with Crippen LogP contribution in [0.15, 0.2) is 58.1 Å². The van der Waals surface area contributed by atoms with Crippen molar-refractivity contribution in [3.8, 4) is 11.3 Å². The summed E-state index contributed by atoms with van der Waals surface area (Å²) in [6.07, 6.45) is 2.11. The van der Waals surface area contributed by atoms with Gasteiger partial charge in [0.05, 0.1) is 11.4 Å². The molecule has 0 spiro atoms. The van der Waals surface area contributed by atoms with Crippen LogP contribution in [0.5, 0.6) is 0 Å². The SMILES string of the molecule is Cc1ccc2nc(-c3ccccc3)c(CN3CCN(S(=O)(=O)c4c(C)noc4C)CC3)n2c1. The summed E-state index contributed by atoms with van der Waals surface area (Å²) in [5.41, 5.74) is 5.64. The molecule has 8 nitrogen and oxygen atoms in total. The van der Waals surface area contributed by atoms with Crippen LogP contribution in [0.1, 0.15) is 22.7 Å². The Bertz CT molecular complexity index is 1380. The second-order valence-electron chi connectivity index (χ2n) is 8.54. The number of rotatable bonds is 5. The third kappa shape index (κ3) is 3.96. The molecule has 0 N–H and O–H groups in total. The summed E-state index contributed by atoms with van der Waals surface area (Å²) in [6, 6.07) is 14.3. The van der Waals surface area contributed by atoms with E-state index in [0.29, 0.717) is 44.2 Å². The van der Waals surface area contributed by atoms with Gasteiger partial charge >= 0.3 is 0 Å². The van der Waals surface area contributed by atoms with Crippen molar-refractivity contribution >= 4 is 15.7 Å². The van der Waals surface area contributed by atoms with Crippen molar-refractivity contribution in [2.24, 2.45) is 0 Å². The van der Waals surface area contributed by atoms with Crippen LogP contribution in [0, 0.1) is 20.8 Å². The summed E-state index contributed by atoms with van der Waals surface area (Å²) in [7, 11) is -3.62. The molecular weight excluding hydrogens is 438 g/mol. The monoisotopic (exact) mass is 465 g/mol. The fourth-order valence-electron chi connectivity index (χ4n) is 4.49. The summed E-state index contributed by atoms with van der Waals surface area (Å²) >= 11 is 0. The third-order valence-corrected chi connectivity index (χ3v) is 8.33. The number of nitrogens with zero attached hydrogens (tertiary/aromatic N) is 5. The molecule has 0 radical (unpaired) electrons. The number of sulfonamides is 1. The van der Waals surface area contributed by atoms with E-state index < -0.39 is 10.0 Å². The molecule has 0 atom stereocenters. The van der Waals surface area contributed by atoms with E-state index in [9.17, 15) is 8.42 Å². The minimum Gasteiger partial charge on any atom is -0.360 e. The molecule has 0 saturated carbocycles. The van der Waals surface area contributed by atoms with Crippen molar-refractivity contribution < 1.29 is 12.9 Å². The van der Waals surface area contributed by atoms with Crippen LogP contribution in [-0.4, -0.2) is 58.3 Å². The number of pyridine rings is 1. The summed E-state index contributed by atoms with van der Waals surface area (Å²) in [5.74, 6) is 0.337. The van der Waals surface area contributed by atoms with E-state index in [4.69, 9.17) is 9.51 Å². The zero-order chi connectivity index (χ0) is 23.2. The molecule has 1 fully saturated rings. The quantitative estimate of drug-likeness (QED) is 0.449. The average Bonchev–Trinajstić information content (AvgIpc) is 3.34. The molecule has 4 aromatic rings. The maximum absolute atomic E-state index is 13.2. The summed E-state index contributed by atoms with van der Waals surface area (Å²) in [5, 5.41) is 3.82. The van der Waals surface area contributed by atoms with Gasteiger partial charge in [-0.3, -0.25) is 4.90 Å². The van der Waals surface area contributed by atoms with Gasteiger partial charge in [0.1, 0.15) is 16.2 Å². The van der Waals surface area contributed by atoms with E-state index >= 15 is 0 Å². The van der Waals surface area contributed by atoms with Crippen LogP contribution in [0.4, 0.5) is 0 Å². The highest BCUT2D eigenvalue weighted by molar-refractivity contribution is 7.89. The van der Waals surface area contributed by atoms with E-state index in [-0.39, 0.29) is 4.90 Å². The second-order valence-corrected chi connectivity index (χ2v) is 10.4. The summed E-state index contributed by atoms with van der Waals surface area (Å²) in [4.78, 5) is 7.39. The molecule has 5 rings (SSSR count). The van der Waals surface area contributed by atoms with Gasteiger partial charge in [-0.05, 0) is 32.4 Å². The number of aryl methyl sites for hydroxylation is 3. The normalized spacial score (nSPS) is 16.0. The lowest BCUT2D eigenvalue weighted by molar-refractivity contribution is 0.179. The van der Waals surface area contributed by atoms with E-state index in [1.165, 1.54) is 4.31 Å². The van der Waals surface area contributed by atoms with Crippen LogP contribution in [0.3, 0.4) is 0 Å². The zero-order valence-corrected chi connectivity index (χ0v) is 19.8. The first-order valence-corrected chi connectivity index (χ1v) is 12.5. The average molecular weight is 466 g/mol. The number of hydrogen-bond donors (Lipinski definition) is 0. The predicted octanol–water partition coefficient (Wildman–Crippen LogP) is 3.42. The van der Waals surface area contributed by atoms with Crippen molar-refractivity contribution in [2.45, 2.75) is 32.2 Å². The number of aromatic nitrogens is 3. The molecule has 1 aliphatic heterocycles. The first kappa shape index (κ1) is 21.8. The summed E-state index contributed by atoms with van der Waals surface area (Å²) in [6.45, 7) is 8.17. The number of imidazole rings is 1. The lowest BCUT2D eigenvalue weighted by atomic mass is 10.1. The Labute approximate surface area is 193 Å². The molecule has 0 unspecified atom stereocenters. The number of piperazine rings is 1. The van der Waals surface area contributed by atoms with E-state index in [2.05, 4.69) is 45.8 Å². The lowest BCUT2D eigenvalue weighted by Crippen LogP contribution is -2.48. The van der Waals surface area contributed by atoms with Crippen molar-refractivity contribution in [1.82, 2.24) is 23.7 Å². The van der Waals surface area contributed by atoms with E-state index in [1.54, 1.807) is 13.8 Å². The van der Waals surface area contributed by atoms with Crippen LogP contribution < -0.4 is 0 Å².